The first-order chi connectivity index (χ1) is 11.9. The number of amides is 3. The summed E-state index contributed by atoms with van der Waals surface area (Å²) < 4.78 is 4.62. The summed E-state index contributed by atoms with van der Waals surface area (Å²) >= 11 is 1.07. The highest BCUT2D eigenvalue weighted by Crippen LogP contribution is 2.24. The van der Waals surface area contributed by atoms with Gasteiger partial charge in [0.2, 0.25) is 0 Å². The van der Waals surface area contributed by atoms with E-state index in [1.807, 2.05) is 5.32 Å². The number of thiophene rings is 1. The summed E-state index contributed by atoms with van der Waals surface area (Å²) in [4.78, 5) is 45.7. The van der Waals surface area contributed by atoms with Gasteiger partial charge in [0.1, 0.15) is 5.00 Å². The summed E-state index contributed by atoms with van der Waals surface area (Å²) in [5.74, 6) is -1.34. The van der Waals surface area contributed by atoms with E-state index in [2.05, 4.69) is 10.1 Å². The molecule has 0 aliphatic rings. The number of imide groups is 1. The Hall–Kier alpha value is -3.27. The number of hydrogen-bond donors (Lipinski definition) is 2. The molecule has 0 saturated carbocycles. The molecule has 2 aromatic rings. The highest BCUT2D eigenvalue weighted by atomic mass is 32.1. The van der Waals surface area contributed by atoms with Gasteiger partial charge < -0.3 is 10.1 Å². The number of carbonyl (C=O) groups is 3. The zero-order chi connectivity index (χ0) is 18.4. The second-order valence-electron chi connectivity index (χ2n) is 4.60. The largest absolute Gasteiger partial charge is 0.450 e. The number of nitro groups is 1. The molecule has 10 heteroatoms. The highest BCUT2D eigenvalue weighted by Gasteiger charge is 2.19. The Morgan fingerprint density at radius 2 is 2.00 bits per heavy atom. The maximum absolute atomic E-state index is 12.2. The molecule has 0 unspecified atom stereocenters. The van der Waals surface area contributed by atoms with E-state index >= 15 is 0 Å². The molecule has 0 bridgehead atoms. The Morgan fingerprint density at radius 3 is 2.68 bits per heavy atom. The number of non-ortho nitro benzene ring substituents is 1. The summed E-state index contributed by atoms with van der Waals surface area (Å²) in [5, 5.41) is 17.1. The number of rotatable bonds is 5. The second-order valence-corrected chi connectivity index (χ2v) is 5.52. The van der Waals surface area contributed by atoms with Crippen LogP contribution in [-0.4, -0.2) is 29.4 Å². The number of alkyl carbamates (subject to hydrolysis) is 1. The van der Waals surface area contributed by atoms with Gasteiger partial charge >= 0.3 is 6.09 Å². The van der Waals surface area contributed by atoms with Crippen LogP contribution in [0, 0.1) is 10.1 Å². The minimum atomic E-state index is -0.894. The van der Waals surface area contributed by atoms with Crippen molar-refractivity contribution in [3.05, 3.63) is 57.0 Å². The first-order valence-corrected chi connectivity index (χ1v) is 7.91. The lowest BCUT2D eigenvalue weighted by atomic mass is 10.2. The molecule has 0 aliphatic carbocycles. The van der Waals surface area contributed by atoms with Crippen LogP contribution in [0.1, 0.15) is 27.6 Å². The van der Waals surface area contributed by atoms with Crippen molar-refractivity contribution in [2.45, 2.75) is 6.92 Å². The summed E-state index contributed by atoms with van der Waals surface area (Å²) in [5.41, 5.74) is -0.0738. The van der Waals surface area contributed by atoms with Gasteiger partial charge in [0, 0.05) is 17.7 Å². The third kappa shape index (κ3) is 4.61. The van der Waals surface area contributed by atoms with Gasteiger partial charge in [-0.25, -0.2) is 4.79 Å². The molecule has 1 aromatic heterocycles. The molecule has 0 aliphatic heterocycles. The topological polar surface area (TPSA) is 128 Å². The summed E-state index contributed by atoms with van der Waals surface area (Å²) in [6.07, 6.45) is -0.894. The van der Waals surface area contributed by atoms with Crippen LogP contribution in [0.3, 0.4) is 0 Å². The number of nitrogens with one attached hydrogen (secondary N) is 2. The molecule has 0 radical (unpaired) electrons. The van der Waals surface area contributed by atoms with Crippen LogP contribution in [0.4, 0.5) is 15.5 Å². The maximum atomic E-state index is 12.2. The number of hydrogen-bond acceptors (Lipinski definition) is 7. The van der Waals surface area contributed by atoms with Gasteiger partial charge in [0.25, 0.3) is 17.5 Å². The molecule has 2 rings (SSSR count). The van der Waals surface area contributed by atoms with E-state index in [1.54, 1.807) is 12.3 Å². The van der Waals surface area contributed by atoms with Gasteiger partial charge in [-0.1, -0.05) is 6.07 Å². The standard InChI is InChI=1S/C15H13N3O6S/c1-2-24-15(21)17-13(20)11-6-7-25-14(11)16-12(19)9-4-3-5-10(8-9)18(22)23/h3-8H,2H2,1H3,(H,16,19)(H,17,20,21). The third-order valence-electron chi connectivity index (χ3n) is 2.95. The van der Waals surface area contributed by atoms with E-state index < -0.39 is 22.8 Å². The van der Waals surface area contributed by atoms with Crippen molar-refractivity contribution in [2.24, 2.45) is 0 Å². The van der Waals surface area contributed by atoms with Gasteiger partial charge in [-0.15, -0.1) is 11.3 Å². The minimum Gasteiger partial charge on any atom is -0.450 e. The molecule has 1 aromatic carbocycles. The normalized spacial score (nSPS) is 9.96. The highest BCUT2D eigenvalue weighted by molar-refractivity contribution is 7.14. The minimum absolute atomic E-state index is 0.0688. The van der Waals surface area contributed by atoms with Crippen molar-refractivity contribution in [3.8, 4) is 0 Å². The van der Waals surface area contributed by atoms with Crippen LogP contribution in [0.15, 0.2) is 35.7 Å². The zero-order valence-corrected chi connectivity index (χ0v) is 13.8. The molecule has 0 spiro atoms. The maximum Gasteiger partial charge on any atom is 0.414 e. The lowest BCUT2D eigenvalue weighted by Gasteiger charge is -2.07. The Bertz CT molecular complexity index is 832. The number of ether oxygens (including phenoxy) is 1. The number of nitro benzene ring substituents is 1. The summed E-state index contributed by atoms with van der Waals surface area (Å²) in [6.45, 7) is 1.71. The van der Waals surface area contributed by atoms with Crippen molar-refractivity contribution in [2.75, 3.05) is 11.9 Å². The van der Waals surface area contributed by atoms with E-state index in [1.165, 1.54) is 24.3 Å². The Labute approximate surface area is 145 Å². The van der Waals surface area contributed by atoms with Gasteiger partial charge in [0.15, 0.2) is 0 Å². The molecule has 2 N–H and O–H groups in total. The van der Waals surface area contributed by atoms with E-state index in [0.717, 1.165) is 17.4 Å². The monoisotopic (exact) mass is 363 g/mol. The fourth-order valence-electron chi connectivity index (χ4n) is 1.85. The zero-order valence-electron chi connectivity index (χ0n) is 13.0. The fraction of sp³-hybridized carbons (Fsp3) is 0.133. The van der Waals surface area contributed by atoms with Gasteiger partial charge in [-0.2, -0.15) is 0 Å². The molecule has 0 fully saturated rings. The van der Waals surface area contributed by atoms with Crippen LogP contribution >= 0.6 is 11.3 Å². The second kappa shape index (κ2) is 8.02. The third-order valence-corrected chi connectivity index (χ3v) is 3.78. The van der Waals surface area contributed by atoms with Gasteiger partial charge in [-0.05, 0) is 24.4 Å². The molecule has 0 atom stereocenters. The number of nitrogens with zero attached hydrogens (tertiary/aromatic N) is 1. The van der Waals surface area contributed by atoms with Crippen molar-refractivity contribution in [1.82, 2.24) is 5.32 Å². The van der Waals surface area contributed by atoms with Crippen LogP contribution in [0.25, 0.3) is 0 Å². The first-order valence-electron chi connectivity index (χ1n) is 7.03. The average Bonchev–Trinajstić information content (AvgIpc) is 3.03. The van der Waals surface area contributed by atoms with E-state index in [0.29, 0.717) is 0 Å². The Kier molecular flexibility index (Phi) is 5.79. The number of carbonyl (C=O) groups excluding carboxylic acids is 3. The lowest BCUT2D eigenvalue weighted by molar-refractivity contribution is -0.384. The van der Waals surface area contributed by atoms with Crippen LogP contribution in [0.5, 0.6) is 0 Å². The van der Waals surface area contributed by atoms with Gasteiger partial charge in [0.05, 0.1) is 17.1 Å². The quantitative estimate of drug-likeness (QED) is 0.621. The predicted octanol–water partition coefficient (Wildman–Crippen LogP) is 2.79. The van der Waals surface area contributed by atoms with Gasteiger partial charge in [-0.3, -0.25) is 25.0 Å². The number of anilines is 1. The fourth-order valence-corrected chi connectivity index (χ4v) is 2.63. The van der Waals surface area contributed by atoms with Crippen molar-refractivity contribution in [3.63, 3.8) is 0 Å². The summed E-state index contributed by atoms with van der Waals surface area (Å²) in [6, 6.07) is 6.62. The van der Waals surface area contributed by atoms with Crippen LogP contribution in [0.2, 0.25) is 0 Å². The SMILES string of the molecule is CCOC(=O)NC(=O)c1ccsc1NC(=O)c1cccc([N+](=O)[O-])c1. The molecule has 3 amide bonds. The number of benzene rings is 1. The van der Waals surface area contributed by atoms with Crippen molar-refractivity contribution < 1.29 is 24.0 Å². The molecule has 9 nitrogen and oxygen atoms in total. The molecule has 25 heavy (non-hydrogen) atoms. The summed E-state index contributed by atoms with van der Waals surface area (Å²) in [7, 11) is 0. The first kappa shape index (κ1) is 18.1. The van der Waals surface area contributed by atoms with E-state index in [4.69, 9.17) is 0 Å². The molecular weight excluding hydrogens is 350 g/mol. The molecule has 130 valence electrons. The van der Waals surface area contributed by atoms with Crippen molar-refractivity contribution in [1.29, 1.82) is 0 Å². The lowest BCUT2D eigenvalue weighted by Crippen LogP contribution is -2.31. The van der Waals surface area contributed by atoms with E-state index in [-0.39, 0.29) is 28.4 Å². The Morgan fingerprint density at radius 1 is 1.24 bits per heavy atom. The van der Waals surface area contributed by atoms with Crippen LogP contribution < -0.4 is 10.6 Å². The molecule has 0 saturated heterocycles. The van der Waals surface area contributed by atoms with Crippen LogP contribution in [-0.2, 0) is 4.74 Å². The smallest absolute Gasteiger partial charge is 0.414 e. The molecular formula is C15H13N3O6S. The average molecular weight is 363 g/mol. The Balaban J connectivity index is 2.14. The predicted molar refractivity (Wildman–Crippen MR) is 89.9 cm³/mol. The molecule has 1 heterocycles. The van der Waals surface area contributed by atoms with Crippen molar-refractivity contribution >= 4 is 39.9 Å². The van der Waals surface area contributed by atoms with E-state index in [9.17, 15) is 24.5 Å².